The van der Waals surface area contributed by atoms with Gasteiger partial charge < -0.3 is 0 Å². The Hall–Kier alpha value is -0.200. The lowest BCUT2D eigenvalue weighted by molar-refractivity contribution is -0.391. The maximum atomic E-state index is 6.26. The van der Waals surface area contributed by atoms with Crippen LogP contribution in [0.5, 0.6) is 0 Å². The van der Waals surface area contributed by atoms with Crippen molar-refractivity contribution in [2.45, 2.75) is 33.7 Å². The summed E-state index contributed by atoms with van der Waals surface area (Å²) in [7, 11) is 8.27. The van der Waals surface area contributed by atoms with Crippen LogP contribution in [-0.4, -0.2) is 80.1 Å². The van der Waals surface area contributed by atoms with Crippen molar-refractivity contribution in [1.82, 2.24) is 19.8 Å². The van der Waals surface area contributed by atoms with Gasteiger partial charge in [-0.25, -0.2) is 4.84 Å². The molecule has 110 valence electrons. The maximum absolute atomic E-state index is 6.26. The third-order valence-electron chi connectivity index (χ3n) is 3.64. The highest BCUT2D eigenvalue weighted by Crippen LogP contribution is 2.24. The van der Waals surface area contributed by atoms with Gasteiger partial charge in [0.2, 0.25) is 0 Å². The van der Waals surface area contributed by atoms with E-state index < -0.39 is 5.97 Å². The van der Waals surface area contributed by atoms with Crippen molar-refractivity contribution in [3.63, 3.8) is 0 Å². The molecule has 0 aliphatic heterocycles. The van der Waals surface area contributed by atoms with E-state index in [9.17, 15) is 0 Å². The molecule has 0 aromatic rings. The van der Waals surface area contributed by atoms with Crippen molar-refractivity contribution < 1.29 is 4.84 Å². The molecule has 0 fully saturated rings. The maximum Gasteiger partial charge on any atom is 0.260 e. The van der Waals surface area contributed by atoms with Crippen molar-refractivity contribution in [1.29, 1.82) is 0 Å². The molecule has 0 saturated heterocycles. The molecule has 0 unspecified atom stereocenters. The van der Waals surface area contributed by atoms with Crippen molar-refractivity contribution in [2.24, 2.45) is 0 Å². The summed E-state index contributed by atoms with van der Waals surface area (Å²) in [5.74, 6) is -0.525. The van der Waals surface area contributed by atoms with Crippen LogP contribution >= 0.6 is 0 Å². The normalized spacial score (nSPS) is 13.3. The molecule has 0 spiro atoms. The summed E-state index contributed by atoms with van der Waals surface area (Å²) in [5, 5.41) is 1.89. The van der Waals surface area contributed by atoms with Gasteiger partial charge in [-0.15, -0.1) is 0 Å². The van der Waals surface area contributed by atoms with Crippen LogP contribution in [0.2, 0.25) is 0 Å². The Labute approximate surface area is 113 Å². The van der Waals surface area contributed by atoms with Gasteiger partial charge in [0.1, 0.15) is 0 Å². The fraction of sp³-hybridized carbons (Fsp3) is 1.00. The van der Waals surface area contributed by atoms with Crippen LogP contribution in [0.1, 0.15) is 27.7 Å². The summed E-state index contributed by atoms with van der Waals surface area (Å²) in [6, 6.07) is 0. The van der Waals surface area contributed by atoms with Crippen LogP contribution in [0.4, 0.5) is 0 Å². The molecular weight excluding hydrogens is 228 g/mol. The minimum atomic E-state index is -0.525. The van der Waals surface area contributed by atoms with Crippen LogP contribution in [0.3, 0.4) is 0 Å². The Bertz CT molecular complexity index is 199. The quantitative estimate of drug-likeness (QED) is 0.459. The van der Waals surface area contributed by atoms with E-state index >= 15 is 0 Å². The van der Waals surface area contributed by atoms with Crippen LogP contribution in [0.15, 0.2) is 0 Å². The second-order valence-corrected chi connectivity index (χ2v) is 4.65. The molecule has 5 nitrogen and oxygen atoms in total. The number of rotatable bonds is 9. The Morgan fingerprint density at radius 3 is 1.22 bits per heavy atom. The number of nitrogens with zero attached hydrogens (tertiary/aromatic N) is 4. The van der Waals surface area contributed by atoms with Crippen LogP contribution in [-0.2, 0) is 4.84 Å². The molecular formula is C13H32N4O. The zero-order valence-electron chi connectivity index (χ0n) is 13.5. The smallest absolute Gasteiger partial charge is 0.251 e. The fourth-order valence-corrected chi connectivity index (χ4v) is 1.97. The summed E-state index contributed by atoms with van der Waals surface area (Å²) in [5.41, 5.74) is 0. The van der Waals surface area contributed by atoms with Crippen LogP contribution in [0.25, 0.3) is 0 Å². The lowest BCUT2D eigenvalue weighted by Gasteiger charge is -2.52. The molecule has 0 saturated carbocycles. The van der Waals surface area contributed by atoms with E-state index in [-0.39, 0.29) is 0 Å². The van der Waals surface area contributed by atoms with Crippen molar-refractivity contribution in [3.8, 4) is 0 Å². The minimum Gasteiger partial charge on any atom is -0.251 e. The first-order valence-electron chi connectivity index (χ1n) is 6.94. The molecule has 0 rings (SSSR count). The largest absolute Gasteiger partial charge is 0.260 e. The van der Waals surface area contributed by atoms with Gasteiger partial charge in [-0.3, -0.25) is 14.7 Å². The molecule has 0 heterocycles. The Kier molecular flexibility index (Phi) is 7.98. The number of hydroxylamine groups is 2. The molecule has 0 aromatic carbocycles. The van der Waals surface area contributed by atoms with E-state index in [1.54, 1.807) is 0 Å². The van der Waals surface area contributed by atoms with Crippen molar-refractivity contribution >= 4 is 0 Å². The highest BCUT2D eigenvalue weighted by atomic mass is 16.7. The van der Waals surface area contributed by atoms with E-state index in [1.165, 1.54) is 0 Å². The first kappa shape index (κ1) is 17.8. The average molecular weight is 260 g/mol. The summed E-state index contributed by atoms with van der Waals surface area (Å²) in [6.07, 6.45) is 0. The first-order valence-corrected chi connectivity index (χ1v) is 6.94. The van der Waals surface area contributed by atoms with E-state index in [1.807, 2.05) is 12.1 Å². The lowest BCUT2D eigenvalue weighted by atomic mass is 10.4. The SMILES string of the molecule is CCN(C)OC(N(C)CC)(N(C)CC)N(C)CC. The highest BCUT2D eigenvalue weighted by Gasteiger charge is 2.44. The van der Waals surface area contributed by atoms with Gasteiger partial charge in [0.05, 0.1) is 0 Å². The molecule has 0 N–H and O–H groups in total. The summed E-state index contributed by atoms with van der Waals surface area (Å²) in [4.78, 5) is 12.9. The van der Waals surface area contributed by atoms with E-state index in [0.29, 0.717) is 0 Å². The summed E-state index contributed by atoms with van der Waals surface area (Å²) >= 11 is 0. The predicted molar refractivity (Wildman–Crippen MR) is 77.0 cm³/mol. The molecule has 0 radical (unpaired) electrons. The molecule has 5 heteroatoms. The lowest BCUT2D eigenvalue weighted by Crippen LogP contribution is -2.70. The van der Waals surface area contributed by atoms with E-state index in [0.717, 1.165) is 26.2 Å². The molecule has 0 aliphatic rings. The Balaban J connectivity index is 5.39. The standard InChI is InChI=1S/C13H32N4O/c1-9-14(5)13(15(6)10-2,16(7)11-3)18-17(8)12-4/h9-12H2,1-8H3. The predicted octanol–water partition coefficient (Wildman–Crippen LogP) is 1.34. The van der Waals surface area contributed by atoms with E-state index in [4.69, 9.17) is 4.84 Å². The molecule has 0 aliphatic carbocycles. The van der Waals surface area contributed by atoms with Gasteiger partial charge in [0.25, 0.3) is 5.97 Å². The number of hydrogen-bond acceptors (Lipinski definition) is 5. The fourth-order valence-electron chi connectivity index (χ4n) is 1.97. The highest BCUT2D eigenvalue weighted by molar-refractivity contribution is 4.76. The number of hydrogen-bond donors (Lipinski definition) is 0. The summed E-state index contributed by atoms with van der Waals surface area (Å²) < 4.78 is 0. The Morgan fingerprint density at radius 1 is 0.667 bits per heavy atom. The van der Waals surface area contributed by atoms with Crippen molar-refractivity contribution in [2.75, 3.05) is 54.4 Å². The van der Waals surface area contributed by atoms with Gasteiger partial charge in [0, 0.05) is 33.2 Å². The van der Waals surface area contributed by atoms with Gasteiger partial charge in [-0.1, -0.05) is 27.7 Å². The monoisotopic (exact) mass is 260 g/mol. The van der Waals surface area contributed by atoms with Gasteiger partial charge >= 0.3 is 0 Å². The zero-order chi connectivity index (χ0) is 14.3. The molecule has 0 aromatic heterocycles. The second kappa shape index (κ2) is 8.07. The topological polar surface area (TPSA) is 22.2 Å². The average Bonchev–Trinajstić information content (AvgIpc) is 2.41. The molecule has 0 bridgehead atoms. The van der Waals surface area contributed by atoms with Gasteiger partial charge in [-0.05, 0) is 21.1 Å². The second-order valence-electron chi connectivity index (χ2n) is 4.65. The molecule has 0 atom stereocenters. The molecule has 18 heavy (non-hydrogen) atoms. The first-order chi connectivity index (χ1) is 8.40. The third kappa shape index (κ3) is 3.65. The van der Waals surface area contributed by atoms with Crippen LogP contribution < -0.4 is 0 Å². The Morgan fingerprint density at radius 2 is 1.00 bits per heavy atom. The third-order valence-corrected chi connectivity index (χ3v) is 3.64. The summed E-state index contributed by atoms with van der Waals surface area (Å²) in [6.45, 7) is 12.2. The van der Waals surface area contributed by atoms with Gasteiger partial charge in [0.15, 0.2) is 0 Å². The van der Waals surface area contributed by atoms with Gasteiger partial charge in [-0.2, -0.15) is 5.06 Å². The van der Waals surface area contributed by atoms with Crippen molar-refractivity contribution in [3.05, 3.63) is 0 Å². The minimum absolute atomic E-state index is 0.525. The van der Waals surface area contributed by atoms with Crippen LogP contribution in [0, 0.1) is 0 Å². The zero-order valence-corrected chi connectivity index (χ0v) is 13.5. The molecule has 0 amide bonds. The van der Waals surface area contributed by atoms with E-state index in [2.05, 4.69) is 63.5 Å².